The molecule has 2 aliphatic rings. The number of carbonyl (C=O) groups excluding carboxylic acids is 1. The van der Waals surface area contributed by atoms with E-state index < -0.39 is 0 Å². The van der Waals surface area contributed by atoms with Crippen molar-refractivity contribution in [1.82, 2.24) is 24.4 Å². The molecule has 1 fully saturated rings. The van der Waals surface area contributed by atoms with Crippen LogP contribution in [0.1, 0.15) is 54.4 Å². The molecule has 4 heterocycles. The molecule has 1 saturated heterocycles. The van der Waals surface area contributed by atoms with Crippen LogP contribution < -0.4 is 4.74 Å². The normalized spacial score (nSPS) is 21.0. The second-order valence-electron chi connectivity index (χ2n) is 9.20. The molecular weight excluding hydrogens is 414 g/mol. The molecule has 2 bridgehead atoms. The predicted octanol–water partition coefficient (Wildman–Crippen LogP) is 3.83. The Morgan fingerprint density at radius 3 is 2.79 bits per heavy atom. The van der Waals surface area contributed by atoms with Gasteiger partial charge in [0.2, 0.25) is 0 Å². The quantitative estimate of drug-likeness (QED) is 0.567. The van der Waals surface area contributed by atoms with Crippen molar-refractivity contribution in [2.75, 3.05) is 32.8 Å². The van der Waals surface area contributed by atoms with E-state index in [2.05, 4.69) is 33.3 Å². The zero-order chi connectivity index (χ0) is 22.5. The van der Waals surface area contributed by atoms with Gasteiger partial charge in [-0.1, -0.05) is 18.6 Å². The first-order valence-corrected chi connectivity index (χ1v) is 12.3. The highest BCUT2D eigenvalue weighted by Crippen LogP contribution is 2.23. The number of ether oxygens (including phenoxy) is 1. The minimum absolute atomic E-state index is 0.00823. The molecule has 5 rings (SSSR count). The second-order valence-corrected chi connectivity index (χ2v) is 9.20. The summed E-state index contributed by atoms with van der Waals surface area (Å²) in [6.07, 6.45) is 11.8. The van der Waals surface area contributed by atoms with Crippen LogP contribution in [0.15, 0.2) is 48.9 Å². The van der Waals surface area contributed by atoms with E-state index in [4.69, 9.17) is 4.74 Å². The summed E-state index contributed by atoms with van der Waals surface area (Å²) < 4.78 is 7.87. The molecule has 174 valence electrons. The topological polar surface area (TPSA) is 63.0 Å². The molecule has 2 aromatic heterocycles. The van der Waals surface area contributed by atoms with Crippen molar-refractivity contribution < 1.29 is 9.53 Å². The molecule has 0 aliphatic carbocycles. The Kier molecular flexibility index (Phi) is 6.86. The fourth-order valence-electron chi connectivity index (χ4n) is 5.20. The number of fused-ring (bicyclic) bond motifs is 4. The van der Waals surface area contributed by atoms with Crippen LogP contribution in [0.25, 0.3) is 5.65 Å². The minimum Gasteiger partial charge on any atom is -0.492 e. The van der Waals surface area contributed by atoms with E-state index in [-0.39, 0.29) is 5.91 Å². The number of piperidine rings is 1. The standard InChI is InChI=1S/C26H33N5O2/c32-26(24-10-6-16-31-20-27-28-25(24)31)30-15-4-3-14-29-13-2-1-8-22(29)12-11-21-7-5-9-23(19-21)33-18-17-30/h5-7,9-10,16,19-20,22H,1-4,8,11-15,17-18H2. The molecule has 33 heavy (non-hydrogen) atoms. The fraction of sp³-hybridized carbons (Fsp3) is 0.500. The van der Waals surface area contributed by atoms with Gasteiger partial charge in [0.15, 0.2) is 5.65 Å². The monoisotopic (exact) mass is 447 g/mol. The zero-order valence-electron chi connectivity index (χ0n) is 19.2. The van der Waals surface area contributed by atoms with E-state index >= 15 is 0 Å². The summed E-state index contributed by atoms with van der Waals surface area (Å²) in [5, 5.41) is 8.13. The molecule has 0 N–H and O–H groups in total. The van der Waals surface area contributed by atoms with Crippen molar-refractivity contribution in [3.63, 3.8) is 0 Å². The van der Waals surface area contributed by atoms with Gasteiger partial charge in [-0.25, -0.2) is 0 Å². The number of carbonyl (C=O) groups is 1. The summed E-state index contributed by atoms with van der Waals surface area (Å²) in [6.45, 7) is 4.05. The fourth-order valence-corrected chi connectivity index (χ4v) is 5.20. The molecule has 0 radical (unpaired) electrons. The first-order valence-electron chi connectivity index (χ1n) is 12.3. The van der Waals surface area contributed by atoms with Gasteiger partial charge in [-0.3, -0.25) is 9.20 Å². The van der Waals surface area contributed by atoms with E-state index in [1.165, 1.54) is 37.8 Å². The van der Waals surface area contributed by atoms with Crippen LogP contribution in [0.5, 0.6) is 5.75 Å². The first-order chi connectivity index (χ1) is 16.3. The van der Waals surface area contributed by atoms with Gasteiger partial charge in [0, 0.05) is 18.8 Å². The van der Waals surface area contributed by atoms with Crippen molar-refractivity contribution >= 4 is 11.6 Å². The number of amides is 1. The van der Waals surface area contributed by atoms with E-state index in [0.717, 1.165) is 38.1 Å². The zero-order valence-corrected chi connectivity index (χ0v) is 19.2. The van der Waals surface area contributed by atoms with Crippen LogP contribution in [-0.4, -0.2) is 69.1 Å². The minimum atomic E-state index is -0.00823. The lowest BCUT2D eigenvalue weighted by atomic mass is 9.95. The van der Waals surface area contributed by atoms with E-state index in [1.54, 1.807) is 10.7 Å². The van der Waals surface area contributed by atoms with Crippen LogP contribution in [0.2, 0.25) is 0 Å². The summed E-state index contributed by atoms with van der Waals surface area (Å²) >= 11 is 0. The third kappa shape index (κ3) is 5.19. The highest BCUT2D eigenvalue weighted by molar-refractivity contribution is 5.99. The lowest BCUT2D eigenvalue weighted by molar-refractivity contribution is 0.0723. The van der Waals surface area contributed by atoms with Gasteiger partial charge < -0.3 is 14.5 Å². The number of benzene rings is 1. The summed E-state index contributed by atoms with van der Waals surface area (Å²) in [5.74, 6) is 0.876. The van der Waals surface area contributed by atoms with Crippen LogP contribution in [-0.2, 0) is 6.42 Å². The summed E-state index contributed by atoms with van der Waals surface area (Å²) in [7, 11) is 0. The number of aromatic nitrogens is 3. The molecule has 0 spiro atoms. The molecule has 3 aromatic rings. The number of pyridine rings is 1. The molecule has 1 amide bonds. The molecule has 1 unspecified atom stereocenters. The van der Waals surface area contributed by atoms with E-state index in [1.807, 2.05) is 29.3 Å². The third-order valence-corrected chi connectivity index (χ3v) is 7.01. The Morgan fingerprint density at radius 1 is 0.970 bits per heavy atom. The van der Waals surface area contributed by atoms with Crippen molar-refractivity contribution in [3.05, 3.63) is 60.0 Å². The Balaban J connectivity index is 1.35. The van der Waals surface area contributed by atoms with Crippen molar-refractivity contribution in [3.8, 4) is 5.75 Å². The van der Waals surface area contributed by atoms with Crippen molar-refractivity contribution in [2.24, 2.45) is 0 Å². The van der Waals surface area contributed by atoms with Crippen molar-refractivity contribution in [1.29, 1.82) is 0 Å². The second kappa shape index (κ2) is 10.3. The van der Waals surface area contributed by atoms with Gasteiger partial charge >= 0.3 is 0 Å². The largest absolute Gasteiger partial charge is 0.492 e. The lowest BCUT2D eigenvalue weighted by Crippen LogP contribution is -2.41. The smallest absolute Gasteiger partial charge is 0.257 e. The van der Waals surface area contributed by atoms with Crippen LogP contribution in [0, 0.1) is 0 Å². The average Bonchev–Trinajstić information content (AvgIpc) is 3.33. The number of hydrogen-bond acceptors (Lipinski definition) is 5. The Hall–Kier alpha value is -2.93. The number of nitrogens with zero attached hydrogens (tertiary/aromatic N) is 5. The van der Waals surface area contributed by atoms with Gasteiger partial charge in [-0.05, 0) is 81.4 Å². The highest BCUT2D eigenvalue weighted by atomic mass is 16.5. The van der Waals surface area contributed by atoms with E-state index in [0.29, 0.717) is 30.4 Å². The van der Waals surface area contributed by atoms with Crippen LogP contribution >= 0.6 is 0 Å². The number of rotatable bonds is 1. The summed E-state index contributed by atoms with van der Waals surface area (Å²) in [5.41, 5.74) is 2.52. The SMILES string of the molecule is O=C(c1cccn2cnnc12)N1CCCCN2CCCCC2CCc2cccc(c2)OCC1. The molecule has 2 aliphatic heterocycles. The molecule has 7 heteroatoms. The van der Waals surface area contributed by atoms with Gasteiger partial charge in [0.1, 0.15) is 18.7 Å². The molecular formula is C26H33N5O2. The van der Waals surface area contributed by atoms with Crippen LogP contribution in [0.4, 0.5) is 0 Å². The van der Waals surface area contributed by atoms with Gasteiger partial charge in [0.25, 0.3) is 5.91 Å². The van der Waals surface area contributed by atoms with Gasteiger partial charge in [0.05, 0.1) is 12.1 Å². The average molecular weight is 448 g/mol. The molecule has 7 nitrogen and oxygen atoms in total. The molecule has 1 atom stereocenters. The maximum atomic E-state index is 13.5. The Morgan fingerprint density at radius 2 is 1.85 bits per heavy atom. The lowest BCUT2D eigenvalue weighted by Gasteiger charge is -2.36. The number of hydrogen-bond donors (Lipinski definition) is 0. The maximum absolute atomic E-state index is 13.5. The van der Waals surface area contributed by atoms with Gasteiger partial charge in [-0.15, -0.1) is 10.2 Å². The summed E-state index contributed by atoms with van der Waals surface area (Å²) in [6, 6.07) is 12.8. The Bertz CT molecular complexity index is 1080. The highest BCUT2D eigenvalue weighted by Gasteiger charge is 2.23. The Labute approximate surface area is 195 Å². The predicted molar refractivity (Wildman–Crippen MR) is 128 cm³/mol. The molecule has 0 saturated carbocycles. The third-order valence-electron chi connectivity index (χ3n) is 7.01. The van der Waals surface area contributed by atoms with Gasteiger partial charge in [-0.2, -0.15) is 0 Å². The molecule has 1 aromatic carbocycles. The van der Waals surface area contributed by atoms with Crippen LogP contribution in [0.3, 0.4) is 0 Å². The number of aryl methyl sites for hydroxylation is 1. The van der Waals surface area contributed by atoms with Crippen molar-refractivity contribution in [2.45, 2.75) is 51.0 Å². The maximum Gasteiger partial charge on any atom is 0.257 e. The summed E-state index contributed by atoms with van der Waals surface area (Å²) in [4.78, 5) is 18.1. The van der Waals surface area contributed by atoms with E-state index in [9.17, 15) is 4.79 Å². The first kappa shape index (κ1) is 21.9.